The van der Waals surface area contributed by atoms with Crippen LogP contribution in [-0.2, 0) is 13.5 Å². The molecule has 0 unspecified atom stereocenters. The van der Waals surface area contributed by atoms with E-state index in [1.165, 1.54) is 6.07 Å². The topological polar surface area (TPSA) is 29.9 Å². The monoisotopic (exact) mass is 329 g/mol. The van der Waals surface area contributed by atoms with Crippen LogP contribution in [0.15, 0.2) is 22.8 Å². The van der Waals surface area contributed by atoms with Gasteiger partial charge in [-0.05, 0) is 41.2 Å². The van der Waals surface area contributed by atoms with Gasteiger partial charge in [0.1, 0.15) is 10.4 Å². The lowest BCUT2D eigenvalue weighted by Crippen LogP contribution is -2.13. The van der Waals surface area contributed by atoms with Crippen molar-refractivity contribution in [2.75, 3.05) is 13.6 Å². The predicted molar refractivity (Wildman–Crippen MR) is 73.9 cm³/mol. The number of halogens is 3. The lowest BCUT2D eigenvalue weighted by atomic mass is 10.1. The van der Waals surface area contributed by atoms with Crippen LogP contribution in [0.4, 0.5) is 8.78 Å². The van der Waals surface area contributed by atoms with Crippen LogP contribution in [0.3, 0.4) is 0 Å². The average Bonchev–Trinajstić information content (AvgIpc) is 2.65. The SMILES string of the molecule is CNCCc1nc(Br)c(-c2ccc(F)c(F)c2)n1C. The number of benzene rings is 1. The molecule has 102 valence electrons. The molecule has 0 radical (unpaired) electrons. The predicted octanol–water partition coefficient (Wildman–Crippen LogP) is 2.89. The Balaban J connectivity index is 2.44. The Bertz CT molecular complexity index is 596. The highest BCUT2D eigenvalue weighted by Gasteiger charge is 2.15. The second kappa shape index (κ2) is 5.79. The fourth-order valence-electron chi connectivity index (χ4n) is 1.93. The minimum atomic E-state index is -0.859. The first kappa shape index (κ1) is 14.1. The largest absolute Gasteiger partial charge is 0.330 e. The molecule has 0 atom stereocenters. The molecular formula is C13H14BrF2N3. The van der Waals surface area contributed by atoms with Crippen LogP contribution in [0.1, 0.15) is 5.82 Å². The van der Waals surface area contributed by atoms with E-state index in [9.17, 15) is 8.78 Å². The number of nitrogens with one attached hydrogen (secondary N) is 1. The standard InChI is InChI=1S/C13H14BrF2N3/c1-17-6-5-11-18-13(14)12(19(11)2)8-3-4-9(15)10(16)7-8/h3-4,7,17H,5-6H2,1-2H3. The van der Waals surface area contributed by atoms with Gasteiger partial charge in [-0.25, -0.2) is 13.8 Å². The molecular weight excluding hydrogens is 316 g/mol. The van der Waals surface area contributed by atoms with E-state index < -0.39 is 11.6 Å². The second-order valence-corrected chi connectivity index (χ2v) is 4.96. The number of nitrogens with zero attached hydrogens (tertiary/aromatic N) is 2. The highest BCUT2D eigenvalue weighted by Crippen LogP contribution is 2.29. The lowest BCUT2D eigenvalue weighted by molar-refractivity contribution is 0.509. The Morgan fingerprint density at radius 2 is 2.05 bits per heavy atom. The Hall–Kier alpha value is -1.27. The first-order chi connectivity index (χ1) is 9.04. The van der Waals surface area contributed by atoms with Crippen LogP contribution in [0.2, 0.25) is 0 Å². The van der Waals surface area contributed by atoms with Crippen molar-refractivity contribution in [2.45, 2.75) is 6.42 Å². The van der Waals surface area contributed by atoms with Crippen LogP contribution < -0.4 is 5.32 Å². The summed E-state index contributed by atoms with van der Waals surface area (Å²) >= 11 is 3.37. The molecule has 0 aliphatic heterocycles. The van der Waals surface area contributed by atoms with Gasteiger partial charge in [0, 0.05) is 25.6 Å². The summed E-state index contributed by atoms with van der Waals surface area (Å²) in [4.78, 5) is 4.40. The van der Waals surface area contributed by atoms with Gasteiger partial charge in [-0.2, -0.15) is 0 Å². The Labute approximate surface area is 118 Å². The van der Waals surface area contributed by atoms with Gasteiger partial charge in [0.2, 0.25) is 0 Å². The van der Waals surface area contributed by atoms with Crippen molar-refractivity contribution in [1.82, 2.24) is 14.9 Å². The van der Waals surface area contributed by atoms with Crippen molar-refractivity contribution >= 4 is 15.9 Å². The van der Waals surface area contributed by atoms with E-state index in [4.69, 9.17) is 0 Å². The maximum atomic E-state index is 13.3. The molecule has 3 nitrogen and oxygen atoms in total. The molecule has 1 heterocycles. The number of imidazole rings is 1. The van der Waals surface area contributed by atoms with E-state index in [2.05, 4.69) is 26.2 Å². The average molecular weight is 330 g/mol. The van der Waals surface area contributed by atoms with Gasteiger partial charge in [-0.1, -0.05) is 0 Å². The minimum Gasteiger partial charge on any atom is -0.330 e. The zero-order chi connectivity index (χ0) is 14.0. The molecule has 1 aromatic carbocycles. The maximum absolute atomic E-state index is 13.3. The van der Waals surface area contributed by atoms with Gasteiger partial charge >= 0.3 is 0 Å². The Morgan fingerprint density at radius 3 is 2.68 bits per heavy atom. The van der Waals surface area contributed by atoms with E-state index in [0.29, 0.717) is 10.2 Å². The Morgan fingerprint density at radius 1 is 1.32 bits per heavy atom. The molecule has 0 fully saturated rings. The summed E-state index contributed by atoms with van der Waals surface area (Å²) in [7, 11) is 3.73. The lowest BCUT2D eigenvalue weighted by Gasteiger charge is -2.07. The summed E-state index contributed by atoms with van der Waals surface area (Å²) in [5, 5.41) is 3.05. The van der Waals surface area contributed by atoms with E-state index in [0.717, 1.165) is 30.6 Å². The zero-order valence-electron chi connectivity index (χ0n) is 10.7. The van der Waals surface area contributed by atoms with Crippen molar-refractivity contribution in [2.24, 2.45) is 7.05 Å². The van der Waals surface area contributed by atoms with E-state index in [1.807, 2.05) is 18.7 Å². The van der Waals surface area contributed by atoms with Crippen molar-refractivity contribution in [1.29, 1.82) is 0 Å². The van der Waals surface area contributed by atoms with Crippen LogP contribution in [0.25, 0.3) is 11.3 Å². The quantitative estimate of drug-likeness (QED) is 0.934. The number of aromatic nitrogens is 2. The molecule has 0 spiro atoms. The fraction of sp³-hybridized carbons (Fsp3) is 0.308. The van der Waals surface area contributed by atoms with E-state index >= 15 is 0 Å². The number of likely N-dealkylation sites (N-methyl/N-ethyl adjacent to an activating group) is 1. The number of hydrogen-bond acceptors (Lipinski definition) is 2. The first-order valence-corrected chi connectivity index (χ1v) is 6.65. The third kappa shape index (κ3) is 2.84. The zero-order valence-corrected chi connectivity index (χ0v) is 12.3. The molecule has 0 aliphatic carbocycles. The molecule has 0 saturated heterocycles. The maximum Gasteiger partial charge on any atom is 0.159 e. The van der Waals surface area contributed by atoms with E-state index in [-0.39, 0.29) is 0 Å². The number of hydrogen-bond donors (Lipinski definition) is 1. The minimum absolute atomic E-state index is 0.594. The van der Waals surface area contributed by atoms with Crippen LogP contribution >= 0.6 is 15.9 Å². The molecule has 2 aromatic rings. The van der Waals surface area contributed by atoms with Crippen molar-refractivity contribution < 1.29 is 8.78 Å². The third-order valence-electron chi connectivity index (χ3n) is 2.94. The van der Waals surface area contributed by atoms with Gasteiger partial charge in [0.25, 0.3) is 0 Å². The first-order valence-electron chi connectivity index (χ1n) is 5.85. The van der Waals surface area contributed by atoms with Gasteiger partial charge in [0.15, 0.2) is 11.6 Å². The summed E-state index contributed by atoms with van der Waals surface area (Å²) in [6, 6.07) is 3.85. The fourth-order valence-corrected chi connectivity index (χ4v) is 2.62. The van der Waals surface area contributed by atoms with E-state index in [1.54, 1.807) is 6.07 Å². The Kier molecular flexibility index (Phi) is 4.31. The molecule has 0 aliphatic rings. The van der Waals surface area contributed by atoms with Gasteiger partial charge < -0.3 is 9.88 Å². The smallest absolute Gasteiger partial charge is 0.159 e. The summed E-state index contributed by atoms with van der Waals surface area (Å²) in [5.74, 6) is -0.833. The van der Waals surface area contributed by atoms with Gasteiger partial charge in [-0.3, -0.25) is 0 Å². The van der Waals surface area contributed by atoms with Crippen molar-refractivity contribution in [3.63, 3.8) is 0 Å². The molecule has 6 heteroatoms. The molecule has 0 saturated carbocycles. The van der Waals surface area contributed by atoms with Gasteiger partial charge in [-0.15, -0.1) is 0 Å². The number of rotatable bonds is 4. The highest BCUT2D eigenvalue weighted by molar-refractivity contribution is 9.10. The molecule has 0 bridgehead atoms. The molecule has 1 N–H and O–H groups in total. The summed E-state index contributed by atoms with van der Waals surface area (Å²) in [6.07, 6.45) is 0.759. The molecule has 0 amide bonds. The summed E-state index contributed by atoms with van der Waals surface area (Å²) in [5.41, 5.74) is 1.33. The highest BCUT2D eigenvalue weighted by atomic mass is 79.9. The van der Waals surface area contributed by atoms with Crippen molar-refractivity contribution in [3.8, 4) is 11.3 Å². The van der Waals surface area contributed by atoms with Crippen LogP contribution in [0.5, 0.6) is 0 Å². The molecule has 1 aromatic heterocycles. The third-order valence-corrected chi connectivity index (χ3v) is 3.49. The van der Waals surface area contributed by atoms with Gasteiger partial charge in [0.05, 0.1) is 5.69 Å². The summed E-state index contributed by atoms with van der Waals surface area (Å²) < 4.78 is 28.8. The molecule has 2 rings (SSSR count). The molecule has 19 heavy (non-hydrogen) atoms. The summed E-state index contributed by atoms with van der Waals surface area (Å²) in [6.45, 7) is 0.800. The normalized spacial score (nSPS) is 11.0. The van der Waals surface area contributed by atoms with Crippen LogP contribution in [0, 0.1) is 11.6 Å². The second-order valence-electron chi connectivity index (χ2n) is 4.21. The van der Waals surface area contributed by atoms with Crippen LogP contribution in [-0.4, -0.2) is 23.1 Å². The van der Waals surface area contributed by atoms with Crippen molar-refractivity contribution in [3.05, 3.63) is 40.3 Å².